The molecule has 1 amide bonds. The van der Waals surface area contributed by atoms with Gasteiger partial charge in [-0.3, -0.25) is 4.79 Å². The number of hydrogen-bond donors (Lipinski definition) is 0. The lowest BCUT2D eigenvalue weighted by Crippen LogP contribution is -2.42. The number of carbonyl (C=O) groups excluding carboxylic acids is 1. The molecule has 0 N–H and O–H groups in total. The van der Waals surface area contributed by atoms with Gasteiger partial charge in [-0.2, -0.15) is 5.10 Å². The van der Waals surface area contributed by atoms with E-state index in [2.05, 4.69) is 30.9 Å². The van der Waals surface area contributed by atoms with E-state index in [0.717, 1.165) is 23.1 Å². The number of fused-ring (bicyclic) bond motifs is 1. The Hall–Kier alpha value is -1.91. The van der Waals surface area contributed by atoms with E-state index >= 15 is 0 Å². The number of amides is 1. The quantitative estimate of drug-likeness (QED) is 0.856. The smallest absolute Gasteiger partial charge is 0.255 e. The van der Waals surface area contributed by atoms with E-state index in [0.29, 0.717) is 17.5 Å². The molecule has 0 bridgehead atoms. The van der Waals surface area contributed by atoms with Crippen molar-refractivity contribution in [3.8, 4) is 0 Å². The van der Waals surface area contributed by atoms with Gasteiger partial charge >= 0.3 is 0 Å². The number of pyridine rings is 1. The van der Waals surface area contributed by atoms with Crippen molar-refractivity contribution in [2.45, 2.75) is 65.5 Å². The van der Waals surface area contributed by atoms with Crippen LogP contribution in [0, 0.1) is 12.8 Å². The summed E-state index contributed by atoms with van der Waals surface area (Å²) in [7, 11) is 1.94. The third-order valence-corrected chi connectivity index (χ3v) is 5.36. The fraction of sp³-hybridized carbons (Fsp3) is 0.632. The van der Waals surface area contributed by atoms with Gasteiger partial charge in [0.2, 0.25) is 0 Å². The second kappa shape index (κ2) is 6.54. The Balaban J connectivity index is 1.93. The van der Waals surface area contributed by atoms with Crippen molar-refractivity contribution >= 4 is 16.9 Å². The summed E-state index contributed by atoms with van der Waals surface area (Å²) in [4.78, 5) is 19.7. The molecule has 0 aromatic carbocycles. The average Bonchev–Trinajstić information content (AvgIpc) is 2.96. The van der Waals surface area contributed by atoms with Gasteiger partial charge in [0.05, 0.1) is 17.5 Å². The van der Waals surface area contributed by atoms with Gasteiger partial charge in [0.1, 0.15) is 0 Å². The first-order chi connectivity index (χ1) is 11.4. The van der Waals surface area contributed by atoms with Crippen molar-refractivity contribution in [3.05, 3.63) is 23.5 Å². The van der Waals surface area contributed by atoms with Gasteiger partial charge in [-0.1, -0.05) is 19.8 Å². The van der Waals surface area contributed by atoms with Crippen LogP contribution in [0.15, 0.2) is 12.3 Å². The zero-order chi connectivity index (χ0) is 17.4. The molecule has 2 aromatic heterocycles. The van der Waals surface area contributed by atoms with Gasteiger partial charge < -0.3 is 4.90 Å². The zero-order valence-electron chi connectivity index (χ0n) is 15.4. The average molecular weight is 328 g/mol. The summed E-state index contributed by atoms with van der Waals surface area (Å²) < 4.78 is 1.91. The Morgan fingerprint density at radius 2 is 2.04 bits per heavy atom. The van der Waals surface area contributed by atoms with E-state index in [1.165, 1.54) is 19.3 Å². The highest BCUT2D eigenvalue weighted by atomic mass is 16.2. The molecule has 130 valence electrons. The lowest BCUT2D eigenvalue weighted by atomic mass is 9.85. The highest BCUT2D eigenvalue weighted by molar-refractivity contribution is 5.98. The Bertz CT molecular complexity index is 749. The van der Waals surface area contributed by atoms with E-state index in [4.69, 9.17) is 0 Å². The lowest BCUT2D eigenvalue weighted by molar-refractivity contribution is 0.0628. The highest BCUT2D eigenvalue weighted by Gasteiger charge is 2.29. The van der Waals surface area contributed by atoms with Gasteiger partial charge in [0.25, 0.3) is 5.91 Å². The van der Waals surface area contributed by atoms with Crippen LogP contribution >= 0.6 is 0 Å². The standard InChI is InChI=1S/C19H28N4O/c1-12(2)23-18-15(11-20-23)10-16(14(4)21-18)19(24)22(5)17-9-7-6-8-13(17)3/h10-13,17H,6-9H2,1-5H3. The van der Waals surface area contributed by atoms with E-state index < -0.39 is 0 Å². The van der Waals surface area contributed by atoms with Crippen LogP contribution in [-0.4, -0.2) is 38.7 Å². The molecule has 1 aliphatic carbocycles. The number of carbonyl (C=O) groups is 1. The lowest BCUT2D eigenvalue weighted by Gasteiger charge is -2.36. The normalized spacial score (nSPS) is 21.4. The summed E-state index contributed by atoms with van der Waals surface area (Å²) in [6.45, 7) is 8.35. The van der Waals surface area contributed by atoms with Crippen LogP contribution in [-0.2, 0) is 0 Å². The van der Waals surface area contributed by atoms with E-state index in [1.807, 2.05) is 35.8 Å². The molecular weight excluding hydrogens is 300 g/mol. The molecule has 3 rings (SSSR count). The molecule has 2 atom stereocenters. The molecular formula is C19H28N4O. The molecule has 1 saturated carbocycles. The maximum absolute atomic E-state index is 13.1. The van der Waals surface area contributed by atoms with Crippen LogP contribution in [0.2, 0.25) is 0 Å². The molecule has 0 radical (unpaired) electrons. The predicted molar refractivity (Wildman–Crippen MR) is 96.2 cm³/mol. The molecule has 5 nitrogen and oxygen atoms in total. The summed E-state index contributed by atoms with van der Waals surface area (Å²) in [5.74, 6) is 0.645. The fourth-order valence-electron chi connectivity index (χ4n) is 3.87. The van der Waals surface area contributed by atoms with Gasteiger partial charge in [-0.05, 0) is 45.6 Å². The monoisotopic (exact) mass is 328 g/mol. The van der Waals surface area contributed by atoms with Crippen LogP contribution in [0.4, 0.5) is 0 Å². The first kappa shape index (κ1) is 16.9. The number of aromatic nitrogens is 3. The molecule has 2 aromatic rings. The maximum Gasteiger partial charge on any atom is 0.255 e. The number of nitrogens with zero attached hydrogens (tertiary/aromatic N) is 4. The van der Waals surface area contributed by atoms with Crippen molar-refractivity contribution in [1.29, 1.82) is 0 Å². The first-order valence-corrected chi connectivity index (χ1v) is 9.02. The van der Waals surface area contributed by atoms with Crippen LogP contribution in [0.5, 0.6) is 0 Å². The molecule has 1 fully saturated rings. The second-order valence-corrected chi connectivity index (χ2v) is 7.46. The summed E-state index contributed by atoms with van der Waals surface area (Å²) in [5.41, 5.74) is 2.34. The Labute approximate surface area is 144 Å². The molecule has 24 heavy (non-hydrogen) atoms. The fourth-order valence-corrected chi connectivity index (χ4v) is 3.87. The Kier molecular flexibility index (Phi) is 4.61. The number of aryl methyl sites for hydroxylation is 1. The molecule has 2 heterocycles. The van der Waals surface area contributed by atoms with Crippen molar-refractivity contribution < 1.29 is 4.79 Å². The Morgan fingerprint density at radius 1 is 1.33 bits per heavy atom. The van der Waals surface area contributed by atoms with Crippen molar-refractivity contribution in [1.82, 2.24) is 19.7 Å². The van der Waals surface area contributed by atoms with Crippen molar-refractivity contribution in [2.75, 3.05) is 7.05 Å². The molecule has 5 heteroatoms. The minimum absolute atomic E-state index is 0.0814. The molecule has 0 spiro atoms. The second-order valence-electron chi connectivity index (χ2n) is 7.46. The minimum atomic E-state index is 0.0814. The van der Waals surface area contributed by atoms with Crippen molar-refractivity contribution in [3.63, 3.8) is 0 Å². The van der Waals surface area contributed by atoms with E-state index in [9.17, 15) is 4.79 Å². The van der Waals surface area contributed by atoms with E-state index in [1.54, 1.807) is 0 Å². The SMILES string of the molecule is Cc1nc2c(cnn2C(C)C)cc1C(=O)N(C)C1CCCCC1C. The molecule has 2 unspecified atom stereocenters. The maximum atomic E-state index is 13.1. The summed E-state index contributed by atoms with van der Waals surface area (Å²) >= 11 is 0. The van der Waals surface area contributed by atoms with Crippen molar-refractivity contribution in [2.24, 2.45) is 5.92 Å². The van der Waals surface area contributed by atoms with Crippen LogP contribution < -0.4 is 0 Å². The topological polar surface area (TPSA) is 51.0 Å². The number of rotatable bonds is 3. The van der Waals surface area contributed by atoms with Crippen LogP contribution in [0.1, 0.15) is 68.5 Å². The highest BCUT2D eigenvalue weighted by Crippen LogP contribution is 2.29. The van der Waals surface area contributed by atoms with Crippen LogP contribution in [0.25, 0.3) is 11.0 Å². The molecule has 0 saturated heterocycles. The predicted octanol–water partition coefficient (Wildman–Crippen LogP) is 3.97. The van der Waals surface area contributed by atoms with Crippen LogP contribution in [0.3, 0.4) is 0 Å². The Morgan fingerprint density at radius 3 is 2.71 bits per heavy atom. The van der Waals surface area contributed by atoms with Gasteiger partial charge in [-0.25, -0.2) is 9.67 Å². The third kappa shape index (κ3) is 2.92. The van der Waals surface area contributed by atoms with Gasteiger partial charge in [0, 0.05) is 24.5 Å². The minimum Gasteiger partial charge on any atom is -0.338 e. The summed E-state index contributed by atoms with van der Waals surface area (Å²) in [6.07, 6.45) is 6.61. The first-order valence-electron chi connectivity index (χ1n) is 9.02. The van der Waals surface area contributed by atoms with E-state index in [-0.39, 0.29) is 11.9 Å². The largest absolute Gasteiger partial charge is 0.338 e. The summed E-state index contributed by atoms with van der Waals surface area (Å²) in [6, 6.07) is 2.54. The molecule has 1 aliphatic rings. The molecule has 0 aliphatic heterocycles. The van der Waals surface area contributed by atoms with Gasteiger partial charge in [-0.15, -0.1) is 0 Å². The van der Waals surface area contributed by atoms with Gasteiger partial charge in [0.15, 0.2) is 5.65 Å². The summed E-state index contributed by atoms with van der Waals surface area (Å²) in [5, 5.41) is 5.35. The zero-order valence-corrected chi connectivity index (χ0v) is 15.4. The third-order valence-electron chi connectivity index (χ3n) is 5.36. The number of hydrogen-bond acceptors (Lipinski definition) is 3.